The van der Waals surface area contributed by atoms with Crippen LogP contribution in [0, 0.1) is 0 Å². The number of fused-ring (bicyclic) bond motifs is 2. The zero-order valence-electron chi connectivity index (χ0n) is 9.41. The third-order valence-corrected chi connectivity index (χ3v) is 2.97. The lowest BCUT2D eigenvalue weighted by Gasteiger charge is -1.93. The Morgan fingerprint density at radius 2 is 2.06 bits per heavy atom. The standard InChI is InChI=1S/C13H9N5/c1-2-4-11-10(3-1)16-13(17-11)9-7-15-18-6-5-14-8-12(9)18/h1-8H,(H,16,17). The number of nitrogens with one attached hydrogen (secondary N) is 1. The highest BCUT2D eigenvalue weighted by atomic mass is 15.2. The number of aromatic amines is 1. The van der Waals surface area contributed by atoms with Crippen molar-refractivity contribution in [2.45, 2.75) is 0 Å². The molecule has 5 heteroatoms. The molecule has 0 atom stereocenters. The molecule has 0 amide bonds. The van der Waals surface area contributed by atoms with Crippen LogP contribution < -0.4 is 0 Å². The Hall–Kier alpha value is -2.69. The van der Waals surface area contributed by atoms with Crippen LogP contribution in [0.15, 0.2) is 49.1 Å². The first-order valence-electron chi connectivity index (χ1n) is 5.64. The van der Waals surface area contributed by atoms with E-state index >= 15 is 0 Å². The summed E-state index contributed by atoms with van der Waals surface area (Å²) in [7, 11) is 0. The van der Waals surface area contributed by atoms with E-state index in [0.29, 0.717) is 0 Å². The van der Waals surface area contributed by atoms with E-state index in [1.54, 1.807) is 23.1 Å². The van der Waals surface area contributed by atoms with Gasteiger partial charge >= 0.3 is 0 Å². The van der Waals surface area contributed by atoms with Gasteiger partial charge in [0.05, 0.1) is 34.5 Å². The minimum atomic E-state index is 0.819. The van der Waals surface area contributed by atoms with Gasteiger partial charge in [0.25, 0.3) is 0 Å². The smallest absolute Gasteiger partial charge is 0.142 e. The fourth-order valence-corrected chi connectivity index (χ4v) is 2.10. The predicted octanol–water partition coefficient (Wildman–Crippen LogP) is 2.27. The molecule has 0 spiro atoms. The lowest BCUT2D eigenvalue weighted by molar-refractivity contribution is 0.946. The summed E-state index contributed by atoms with van der Waals surface area (Å²) in [5, 5.41) is 4.28. The molecule has 1 aromatic carbocycles. The molecule has 0 radical (unpaired) electrons. The molecule has 3 heterocycles. The molecule has 0 aliphatic rings. The molecule has 5 nitrogen and oxygen atoms in total. The van der Waals surface area contributed by atoms with E-state index in [2.05, 4.69) is 20.1 Å². The third-order valence-electron chi connectivity index (χ3n) is 2.97. The van der Waals surface area contributed by atoms with E-state index in [-0.39, 0.29) is 0 Å². The second kappa shape index (κ2) is 3.40. The second-order valence-corrected chi connectivity index (χ2v) is 4.07. The van der Waals surface area contributed by atoms with E-state index in [1.807, 2.05) is 30.5 Å². The molecule has 0 aliphatic heterocycles. The lowest BCUT2D eigenvalue weighted by Crippen LogP contribution is -1.86. The zero-order chi connectivity index (χ0) is 11.9. The maximum absolute atomic E-state index is 4.57. The summed E-state index contributed by atoms with van der Waals surface area (Å²) in [5.41, 5.74) is 3.88. The quantitative estimate of drug-likeness (QED) is 0.550. The molecule has 0 saturated carbocycles. The van der Waals surface area contributed by atoms with Crippen LogP contribution >= 0.6 is 0 Å². The highest BCUT2D eigenvalue weighted by Crippen LogP contribution is 2.23. The average molecular weight is 235 g/mol. The maximum Gasteiger partial charge on any atom is 0.142 e. The van der Waals surface area contributed by atoms with Crippen LogP contribution in [0.5, 0.6) is 0 Å². The van der Waals surface area contributed by atoms with Crippen LogP contribution in [0.4, 0.5) is 0 Å². The number of aromatic nitrogens is 5. The van der Waals surface area contributed by atoms with Crippen molar-refractivity contribution in [2.24, 2.45) is 0 Å². The van der Waals surface area contributed by atoms with E-state index in [4.69, 9.17) is 0 Å². The highest BCUT2D eigenvalue weighted by molar-refractivity contribution is 5.83. The number of para-hydroxylation sites is 2. The Morgan fingerprint density at radius 3 is 3.00 bits per heavy atom. The van der Waals surface area contributed by atoms with Crippen LogP contribution in [0.3, 0.4) is 0 Å². The number of nitrogens with zero attached hydrogens (tertiary/aromatic N) is 4. The molecule has 18 heavy (non-hydrogen) atoms. The van der Waals surface area contributed by atoms with E-state index in [1.165, 1.54) is 0 Å². The lowest BCUT2D eigenvalue weighted by atomic mass is 10.3. The topological polar surface area (TPSA) is 58.9 Å². The van der Waals surface area contributed by atoms with Crippen LogP contribution in [-0.2, 0) is 0 Å². The van der Waals surface area contributed by atoms with Crippen LogP contribution in [0.25, 0.3) is 27.9 Å². The Balaban J connectivity index is 2.01. The van der Waals surface area contributed by atoms with Gasteiger partial charge in [-0.1, -0.05) is 12.1 Å². The molecule has 4 rings (SSSR count). The number of rotatable bonds is 1. The number of hydrogen-bond acceptors (Lipinski definition) is 3. The molecular weight excluding hydrogens is 226 g/mol. The SMILES string of the molecule is c1ccc2[nH]c(-c3cnn4ccncc34)nc2c1. The van der Waals surface area contributed by atoms with Crippen LogP contribution in [-0.4, -0.2) is 24.6 Å². The maximum atomic E-state index is 4.57. The van der Waals surface area contributed by atoms with Gasteiger partial charge < -0.3 is 4.98 Å². The summed E-state index contributed by atoms with van der Waals surface area (Å²) in [6.45, 7) is 0. The summed E-state index contributed by atoms with van der Waals surface area (Å²) in [4.78, 5) is 12.0. The first-order chi connectivity index (χ1) is 8.92. The molecule has 1 N–H and O–H groups in total. The molecule has 4 aromatic rings. The van der Waals surface area contributed by atoms with Gasteiger partial charge in [-0.05, 0) is 12.1 Å². The molecule has 0 unspecified atom stereocenters. The normalized spacial score (nSPS) is 11.3. The molecule has 0 saturated heterocycles. The van der Waals surface area contributed by atoms with Gasteiger partial charge in [-0.3, -0.25) is 4.98 Å². The fraction of sp³-hybridized carbons (Fsp3) is 0. The molecule has 0 bridgehead atoms. The van der Waals surface area contributed by atoms with Crippen molar-refractivity contribution in [1.29, 1.82) is 0 Å². The summed E-state index contributed by atoms with van der Waals surface area (Å²) in [5.74, 6) is 0.819. The fourth-order valence-electron chi connectivity index (χ4n) is 2.10. The number of H-pyrrole nitrogens is 1. The van der Waals surface area contributed by atoms with E-state index in [9.17, 15) is 0 Å². The third kappa shape index (κ3) is 1.24. The van der Waals surface area contributed by atoms with Crippen molar-refractivity contribution < 1.29 is 0 Å². The van der Waals surface area contributed by atoms with Crippen molar-refractivity contribution >= 4 is 16.6 Å². The Bertz CT molecular complexity index is 809. The molecule has 3 aromatic heterocycles. The van der Waals surface area contributed by atoms with Gasteiger partial charge in [0.15, 0.2) is 0 Å². The molecule has 0 fully saturated rings. The van der Waals surface area contributed by atoms with Gasteiger partial charge in [-0.2, -0.15) is 5.10 Å². The summed E-state index contributed by atoms with van der Waals surface area (Å²) < 4.78 is 1.79. The van der Waals surface area contributed by atoms with E-state index < -0.39 is 0 Å². The van der Waals surface area contributed by atoms with Crippen LogP contribution in [0.2, 0.25) is 0 Å². The zero-order valence-corrected chi connectivity index (χ0v) is 9.41. The predicted molar refractivity (Wildman–Crippen MR) is 68.1 cm³/mol. The first kappa shape index (κ1) is 9.35. The van der Waals surface area contributed by atoms with Crippen molar-refractivity contribution in [3.8, 4) is 11.4 Å². The molecular formula is C13H9N5. The molecule has 0 aliphatic carbocycles. The molecule has 86 valence electrons. The Kier molecular flexibility index (Phi) is 1.77. The summed E-state index contributed by atoms with van der Waals surface area (Å²) >= 11 is 0. The minimum absolute atomic E-state index is 0.819. The van der Waals surface area contributed by atoms with Crippen molar-refractivity contribution in [2.75, 3.05) is 0 Å². The average Bonchev–Trinajstić information content (AvgIpc) is 3.02. The number of hydrogen-bond donors (Lipinski definition) is 1. The second-order valence-electron chi connectivity index (χ2n) is 4.07. The van der Waals surface area contributed by atoms with Crippen molar-refractivity contribution in [3.05, 3.63) is 49.1 Å². The van der Waals surface area contributed by atoms with Gasteiger partial charge in [0.2, 0.25) is 0 Å². The van der Waals surface area contributed by atoms with Crippen LogP contribution in [0.1, 0.15) is 0 Å². The van der Waals surface area contributed by atoms with Crippen molar-refractivity contribution in [3.63, 3.8) is 0 Å². The van der Waals surface area contributed by atoms with Gasteiger partial charge in [0, 0.05) is 12.4 Å². The van der Waals surface area contributed by atoms with E-state index in [0.717, 1.165) is 27.9 Å². The monoisotopic (exact) mass is 235 g/mol. The number of imidazole rings is 1. The van der Waals surface area contributed by atoms with Gasteiger partial charge in [0.1, 0.15) is 5.82 Å². The van der Waals surface area contributed by atoms with Gasteiger partial charge in [-0.25, -0.2) is 9.50 Å². The first-order valence-corrected chi connectivity index (χ1v) is 5.64. The van der Waals surface area contributed by atoms with Gasteiger partial charge in [-0.15, -0.1) is 0 Å². The minimum Gasteiger partial charge on any atom is -0.338 e. The Morgan fingerprint density at radius 1 is 1.11 bits per heavy atom. The number of benzene rings is 1. The summed E-state index contributed by atoms with van der Waals surface area (Å²) in [6.07, 6.45) is 7.12. The van der Waals surface area contributed by atoms with Crippen molar-refractivity contribution in [1.82, 2.24) is 24.6 Å². The highest BCUT2D eigenvalue weighted by Gasteiger charge is 2.10. The summed E-state index contributed by atoms with van der Waals surface area (Å²) in [6, 6.07) is 7.96. The Labute approximate surface area is 102 Å². The largest absolute Gasteiger partial charge is 0.338 e.